The van der Waals surface area contributed by atoms with Crippen molar-refractivity contribution in [2.45, 2.75) is 26.7 Å². The average molecular weight is 242 g/mol. The molecule has 1 heterocycles. The minimum Gasteiger partial charge on any atom is -0.494 e. The van der Waals surface area contributed by atoms with Crippen LogP contribution in [0.1, 0.15) is 32.4 Å². The molecule has 1 aromatic heterocycles. The maximum Gasteiger partial charge on any atom is 0.119 e. The van der Waals surface area contributed by atoms with Gasteiger partial charge in [0.05, 0.1) is 18.0 Å². The lowest BCUT2D eigenvalue weighted by molar-refractivity contribution is 0.340. The molecule has 0 amide bonds. The second kappa shape index (κ2) is 5.63. The van der Waals surface area contributed by atoms with Gasteiger partial charge < -0.3 is 4.74 Å². The molecule has 2 rings (SSSR count). The van der Waals surface area contributed by atoms with E-state index in [1.807, 2.05) is 43.3 Å². The van der Waals surface area contributed by atoms with Crippen molar-refractivity contribution in [2.24, 2.45) is 0 Å². The summed E-state index contributed by atoms with van der Waals surface area (Å²) >= 11 is 0. The van der Waals surface area contributed by atoms with Gasteiger partial charge >= 0.3 is 0 Å². The smallest absolute Gasteiger partial charge is 0.119 e. The van der Waals surface area contributed by atoms with E-state index in [-0.39, 0.29) is 0 Å². The van der Waals surface area contributed by atoms with E-state index in [0.717, 1.165) is 22.7 Å². The molecule has 1 aromatic carbocycles. The van der Waals surface area contributed by atoms with Crippen molar-refractivity contribution in [3.8, 4) is 17.0 Å². The lowest BCUT2D eigenvalue weighted by atomic mass is 10.1. The number of aromatic nitrogens is 2. The van der Waals surface area contributed by atoms with Crippen molar-refractivity contribution >= 4 is 0 Å². The Morgan fingerprint density at radius 3 is 2.22 bits per heavy atom. The number of ether oxygens (including phenoxy) is 1. The van der Waals surface area contributed by atoms with E-state index in [2.05, 4.69) is 24.0 Å². The fraction of sp³-hybridized carbons (Fsp3) is 0.333. The molecular weight excluding hydrogens is 224 g/mol. The Kier molecular flexibility index (Phi) is 3.92. The third kappa shape index (κ3) is 2.86. The van der Waals surface area contributed by atoms with Crippen LogP contribution in [0.5, 0.6) is 5.75 Å². The Morgan fingerprint density at radius 1 is 1.00 bits per heavy atom. The van der Waals surface area contributed by atoms with E-state index in [0.29, 0.717) is 12.5 Å². The van der Waals surface area contributed by atoms with Crippen LogP contribution >= 0.6 is 0 Å². The van der Waals surface area contributed by atoms with Gasteiger partial charge in [-0.3, -0.25) is 0 Å². The molecule has 0 saturated heterocycles. The molecule has 3 nitrogen and oxygen atoms in total. The molecule has 0 fully saturated rings. The van der Waals surface area contributed by atoms with Gasteiger partial charge in [-0.05, 0) is 49.2 Å². The van der Waals surface area contributed by atoms with Crippen LogP contribution in [0, 0.1) is 0 Å². The normalized spacial score (nSPS) is 10.7. The highest BCUT2D eigenvalue weighted by Gasteiger charge is 2.04. The van der Waals surface area contributed by atoms with E-state index in [9.17, 15) is 0 Å². The van der Waals surface area contributed by atoms with E-state index in [1.165, 1.54) is 0 Å². The first-order chi connectivity index (χ1) is 8.70. The number of nitrogens with zero attached hydrogens (tertiary/aromatic N) is 2. The summed E-state index contributed by atoms with van der Waals surface area (Å²) in [4.78, 5) is 0. The number of benzene rings is 1. The fourth-order valence-corrected chi connectivity index (χ4v) is 1.69. The minimum atomic E-state index is 0.409. The molecule has 94 valence electrons. The average Bonchev–Trinajstić information content (AvgIpc) is 2.40. The van der Waals surface area contributed by atoms with Gasteiger partial charge in [0.1, 0.15) is 5.75 Å². The molecule has 2 aromatic rings. The van der Waals surface area contributed by atoms with Gasteiger partial charge in [-0.2, -0.15) is 10.2 Å². The van der Waals surface area contributed by atoms with Crippen LogP contribution in [0.4, 0.5) is 0 Å². The lowest BCUT2D eigenvalue weighted by Gasteiger charge is -2.06. The standard InChI is InChI=1S/C15H18N2O/c1-4-18-13-7-5-12(6-8-13)15-10-9-14(11(2)3)16-17-15/h5-11H,4H2,1-3H3. The molecule has 0 bridgehead atoms. The van der Waals surface area contributed by atoms with Gasteiger partial charge in [0.15, 0.2) is 0 Å². The Bertz CT molecular complexity index is 489. The summed E-state index contributed by atoms with van der Waals surface area (Å²) in [7, 11) is 0. The monoisotopic (exact) mass is 242 g/mol. The van der Waals surface area contributed by atoms with E-state index < -0.39 is 0 Å². The van der Waals surface area contributed by atoms with Crippen LogP contribution in [0.3, 0.4) is 0 Å². The summed E-state index contributed by atoms with van der Waals surface area (Å²) in [5.41, 5.74) is 2.97. The fourth-order valence-electron chi connectivity index (χ4n) is 1.69. The van der Waals surface area contributed by atoms with Crippen LogP contribution in [0.25, 0.3) is 11.3 Å². The van der Waals surface area contributed by atoms with Crippen molar-refractivity contribution in [1.82, 2.24) is 10.2 Å². The van der Waals surface area contributed by atoms with Crippen LogP contribution in [0.15, 0.2) is 36.4 Å². The highest BCUT2D eigenvalue weighted by Crippen LogP contribution is 2.21. The first-order valence-corrected chi connectivity index (χ1v) is 6.27. The molecule has 0 aliphatic heterocycles. The largest absolute Gasteiger partial charge is 0.494 e. The van der Waals surface area contributed by atoms with Crippen LogP contribution in [-0.4, -0.2) is 16.8 Å². The summed E-state index contributed by atoms with van der Waals surface area (Å²) in [6.07, 6.45) is 0. The summed E-state index contributed by atoms with van der Waals surface area (Å²) in [5.74, 6) is 1.29. The Hall–Kier alpha value is -1.90. The molecular formula is C15H18N2O. The highest BCUT2D eigenvalue weighted by atomic mass is 16.5. The second-order valence-corrected chi connectivity index (χ2v) is 4.46. The Labute approximate surface area is 108 Å². The molecule has 0 aliphatic rings. The van der Waals surface area contributed by atoms with Gasteiger partial charge in [0.25, 0.3) is 0 Å². The number of hydrogen-bond acceptors (Lipinski definition) is 3. The quantitative estimate of drug-likeness (QED) is 0.820. The molecule has 0 N–H and O–H groups in total. The highest BCUT2D eigenvalue weighted by molar-refractivity contribution is 5.59. The number of hydrogen-bond donors (Lipinski definition) is 0. The molecule has 0 aliphatic carbocycles. The topological polar surface area (TPSA) is 35.0 Å². The van der Waals surface area contributed by atoms with Crippen molar-refractivity contribution in [1.29, 1.82) is 0 Å². The molecule has 0 atom stereocenters. The molecule has 0 spiro atoms. The second-order valence-electron chi connectivity index (χ2n) is 4.46. The van der Waals surface area contributed by atoms with Gasteiger partial charge in [0, 0.05) is 5.56 Å². The van der Waals surface area contributed by atoms with Crippen molar-refractivity contribution < 1.29 is 4.74 Å². The van der Waals surface area contributed by atoms with E-state index in [1.54, 1.807) is 0 Å². The maximum absolute atomic E-state index is 5.41. The Balaban J connectivity index is 2.20. The van der Waals surface area contributed by atoms with Crippen LogP contribution < -0.4 is 4.74 Å². The van der Waals surface area contributed by atoms with Gasteiger partial charge in [-0.25, -0.2) is 0 Å². The van der Waals surface area contributed by atoms with Crippen molar-refractivity contribution in [3.05, 3.63) is 42.1 Å². The van der Waals surface area contributed by atoms with E-state index in [4.69, 9.17) is 4.74 Å². The van der Waals surface area contributed by atoms with E-state index >= 15 is 0 Å². The molecule has 3 heteroatoms. The predicted molar refractivity (Wildman–Crippen MR) is 72.7 cm³/mol. The molecule has 0 radical (unpaired) electrons. The van der Waals surface area contributed by atoms with Gasteiger partial charge in [-0.15, -0.1) is 0 Å². The predicted octanol–water partition coefficient (Wildman–Crippen LogP) is 3.67. The summed E-state index contributed by atoms with van der Waals surface area (Å²) < 4.78 is 5.41. The summed E-state index contributed by atoms with van der Waals surface area (Å²) in [6.45, 7) is 6.88. The maximum atomic E-state index is 5.41. The third-order valence-corrected chi connectivity index (χ3v) is 2.74. The zero-order chi connectivity index (χ0) is 13.0. The summed E-state index contributed by atoms with van der Waals surface area (Å²) in [6, 6.07) is 12.0. The van der Waals surface area contributed by atoms with Crippen LogP contribution in [-0.2, 0) is 0 Å². The first-order valence-electron chi connectivity index (χ1n) is 6.27. The first kappa shape index (κ1) is 12.6. The zero-order valence-corrected chi connectivity index (χ0v) is 11.1. The van der Waals surface area contributed by atoms with Gasteiger partial charge in [0.2, 0.25) is 0 Å². The Morgan fingerprint density at radius 2 is 1.72 bits per heavy atom. The lowest BCUT2D eigenvalue weighted by Crippen LogP contribution is -1.96. The minimum absolute atomic E-state index is 0.409. The van der Waals surface area contributed by atoms with Gasteiger partial charge in [-0.1, -0.05) is 13.8 Å². The molecule has 18 heavy (non-hydrogen) atoms. The SMILES string of the molecule is CCOc1ccc(-c2ccc(C(C)C)nn2)cc1. The number of rotatable bonds is 4. The van der Waals surface area contributed by atoms with Crippen molar-refractivity contribution in [2.75, 3.05) is 6.61 Å². The van der Waals surface area contributed by atoms with Crippen molar-refractivity contribution in [3.63, 3.8) is 0 Å². The molecule has 0 unspecified atom stereocenters. The molecule has 0 saturated carbocycles. The zero-order valence-electron chi connectivity index (χ0n) is 11.1. The van der Waals surface area contributed by atoms with Crippen LogP contribution in [0.2, 0.25) is 0 Å². The third-order valence-electron chi connectivity index (χ3n) is 2.74. The summed E-state index contributed by atoms with van der Waals surface area (Å²) in [5, 5.41) is 8.49.